The number of amides is 1. The molecule has 3 rings (SSSR count). The number of benzene rings is 1. The molecule has 92 valence electrons. The lowest BCUT2D eigenvalue weighted by molar-refractivity contribution is -0.119. The molecule has 1 aliphatic heterocycles. The van der Waals surface area contributed by atoms with E-state index in [-0.39, 0.29) is 11.8 Å². The van der Waals surface area contributed by atoms with E-state index < -0.39 is 0 Å². The first-order valence-electron chi connectivity index (χ1n) is 5.87. The topological polar surface area (TPSA) is 59.5 Å². The Morgan fingerprint density at radius 3 is 2.89 bits per heavy atom. The van der Waals surface area contributed by atoms with Gasteiger partial charge in [-0.15, -0.1) is 0 Å². The van der Waals surface area contributed by atoms with Gasteiger partial charge < -0.3 is 15.1 Å². The smallest absolute Gasteiger partial charge is 0.234 e. The third-order valence-corrected chi connectivity index (χ3v) is 3.42. The predicted octanol–water partition coefficient (Wildman–Crippen LogP) is 2.16. The van der Waals surface area contributed by atoms with E-state index in [2.05, 4.69) is 0 Å². The van der Waals surface area contributed by atoms with Gasteiger partial charge in [-0.25, -0.2) is 0 Å². The minimum Gasteiger partial charge on any atom is -0.469 e. The molecule has 4 heteroatoms. The number of hydrogen-bond donors (Lipinski definition) is 1. The Morgan fingerprint density at radius 2 is 2.17 bits per heavy atom. The second-order valence-electron chi connectivity index (χ2n) is 4.52. The SMILES string of the molecule is CN1C(=O)C(Cc2ccco2)c2cccc(N)c21. The van der Waals surface area contributed by atoms with Crippen LogP contribution in [0.3, 0.4) is 0 Å². The summed E-state index contributed by atoms with van der Waals surface area (Å²) in [7, 11) is 1.76. The highest BCUT2D eigenvalue weighted by atomic mass is 16.3. The molecule has 0 spiro atoms. The van der Waals surface area contributed by atoms with Gasteiger partial charge >= 0.3 is 0 Å². The van der Waals surface area contributed by atoms with E-state index in [1.165, 1.54) is 0 Å². The van der Waals surface area contributed by atoms with Crippen LogP contribution in [-0.2, 0) is 11.2 Å². The third-order valence-electron chi connectivity index (χ3n) is 3.42. The van der Waals surface area contributed by atoms with Crippen LogP contribution in [0.2, 0.25) is 0 Å². The van der Waals surface area contributed by atoms with E-state index >= 15 is 0 Å². The largest absolute Gasteiger partial charge is 0.469 e. The molecule has 18 heavy (non-hydrogen) atoms. The molecule has 0 saturated carbocycles. The molecule has 1 aromatic carbocycles. The molecule has 0 radical (unpaired) electrons. The number of furan rings is 1. The summed E-state index contributed by atoms with van der Waals surface area (Å²) in [5.74, 6) is 0.691. The summed E-state index contributed by atoms with van der Waals surface area (Å²) in [6, 6.07) is 9.38. The van der Waals surface area contributed by atoms with Crippen molar-refractivity contribution in [2.24, 2.45) is 0 Å². The minimum absolute atomic E-state index is 0.0688. The molecule has 2 heterocycles. The predicted molar refractivity (Wildman–Crippen MR) is 69.4 cm³/mol. The van der Waals surface area contributed by atoms with Crippen LogP contribution in [0.15, 0.2) is 41.0 Å². The second kappa shape index (κ2) is 3.91. The van der Waals surface area contributed by atoms with Crippen LogP contribution >= 0.6 is 0 Å². The van der Waals surface area contributed by atoms with E-state index in [1.807, 2.05) is 30.3 Å². The van der Waals surface area contributed by atoms with Crippen LogP contribution in [0, 0.1) is 0 Å². The number of rotatable bonds is 2. The Hall–Kier alpha value is -2.23. The van der Waals surface area contributed by atoms with Crippen molar-refractivity contribution in [1.29, 1.82) is 0 Å². The van der Waals surface area contributed by atoms with Gasteiger partial charge in [0.1, 0.15) is 5.76 Å². The number of nitrogens with two attached hydrogens (primary N) is 1. The molecule has 0 saturated heterocycles. The van der Waals surface area contributed by atoms with Crippen molar-refractivity contribution >= 4 is 17.3 Å². The molecule has 2 aromatic rings. The number of fused-ring (bicyclic) bond motifs is 1. The van der Waals surface area contributed by atoms with E-state index in [0.29, 0.717) is 12.1 Å². The number of likely N-dealkylation sites (N-methyl/N-ethyl adjacent to an activating group) is 1. The van der Waals surface area contributed by atoms with Gasteiger partial charge in [0.05, 0.1) is 23.6 Å². The lowest BCUT2D eigenvalue weighted by Crippen LogP contribution is -2.25. The Bertz CT molecular complexity index is 590. The summed E-state index contributed by atoms with van der Waals surface area (Å²) in [6.45, 7) is 0. The van der Waals surface area contributed by atoms with Crippen LogP contribution in [0.5, 0.6) is 0 Å². The highest BCUT2D eigenvalue weighted by Crippen LogP contribution is 2.41. The quantitative estimate of drug-likeness (QED) is 0.821. The fourth-order valence-electron chi connectivity index (χ4n) is 2.55. The van der Waals surface area contributed by atoms with Gasteiger partial charge in [0.2, 0.25) is 5.91 Å². The molecule has 1 unspecified atom stereocenters. The van der Waals surface area contributed by atoms with Gasteiger partial charge in [-0.2, -0.15) is 0 Å². The molecular formula is C14H14N2O2. The van der Waals surface area contributed by atoms with Gasteiger partial charge in [-0.1, -0.05) is 12.1 Å². The summed E-state index contributed by atoms with van der Waals surface area (Å²) in [4.78, 5) is 13.9. The molecular weight excluding hydrogens is 228 g/mol. The van der Waals surface area contributed by atoms with Crippen LogP contribution in [0.1, 0.15) is 17.2 Å². The van der Waals surface area contributed by atoms with Crippen molar-refractivity contribution in [3.05, 3.63) is 47.9 Å². The van der Waals surface area contributed by atoms with E-state index in [0.717, 1.165) is 17.0 Å². The summed E-state index contributed by atoms with van der Waals surface area (Å²) in [5, 5.41) is 0. The van der Waals surface area contributed by atoms with Gasteiger partial charge in [0.25, 0.3) is 0 Å². The summed E-state index contributed by atoms with van der Waals surface area (Å²) in [6.07, 6.45) is 2.20. The number of hydrogen-bond acceptors (Lipinski definition) is 3. The molecule has 1 aromatic heterocycles. The minimum atomic E-state index is -0.195. The normalized spacial score (nSPS) is 18.2. The van der Waals surface area contributed by atoms with Gasteiger partial charge in [-0.3, -0.25) is 4.79 Å². The van der Waals surface area contributed by atoms with E-state index in [9.17, 15) is 4.79 Å². The Kier molecular flexibility index (Phi) is 2.37. The first-order valence-corrected chi connectivity index (χ1v) is 5.87. The first kappa shape index (κ1) is 10.9. The molecule has 0 aliphatic carbocycles. The van der Waals surface area contributed by atoms with Crippen LogP contribution in [-0.4, -0.2) is 13.0 Å². The van der Waals surface area contributed by atoms with Gasteiger partial charge in [0, 0.05) is 13.5 Å². The van der Waals surface area contributed by atoms with Crippen molar-refractivity contribution in [2.45, 2.75) is 12.3 Å². The molecule has 0 fully saturated rings. The maximum absolute atomic E-state index is 12.3. The zero-order valence-corrected chi connectivity index (χ0v) is 10.1. The Balaban J connectivity index is 2.02. The Labute approximate surface area is 105 Å². The number of carbonyl (C=O) groups excluding carboxylic acids is 1. The number of nitrogens with zero attached hydrogens (tertiary/aromatic N) is 1. The fraction of sp³-hybridized carbons (Fsp3) is 0.214. The molecule has 1 atom stereocenters. The lowest BCUT2D eigenvalue weighted by Gasteiger charge is -2.12. The molecule has 2 N–H and O–H groups in total. The maximum Gasteiger partial charge on any atom is 0.234 e. The van der Waals surface area contributed by atoms with Crippen LogP contribution in [0.25, 0.3) is 0 Å². The average molecular weight is 242 g/mol. The number of nitrogen functional groups attached to an aromatic ring is 1. The van der Waals surface area contributed by atoms with E-state index in [4.69, 9.17) is 10.2 Å². The highest BCUT2D eigenvalue weighted by molar-refractivity contribution is 6.07. The van der Waals surface area contributed by atoms with Crippen LogP contribution < -0.4 is 10.6 Å². The molecule has 4 nitrogen and oxygen atoms in total. The maximum atomic E-state index is 12.3. The summed E-state index contributed by atoms with van der Waals surface area (Å²) in [5.41, 5.74) is 8.40. The van der Waals surface area contributed by atoms with Crippen molar-refractivity contribution in [3.63, 3.8) is 0 Å². The van der Waals surface area contributed by atoms with Crippen molar-refractivity contribution < 1.29 is 9.21 Å². The molecule has 0 bridgehead atoms. The van der Waals surface area contributed by atoms with Gasteiger partial charge in [0.15, 0.2) is 0 Å². The van der Waals surface area contributed by atoms with E-state index in [1.54, 1.807) is 18.2 Å². The van der Waals surface area contributed by atoms with Crippen molar-refractivity contribution in [1.82, 2.24) is 0 Å². The zero-order chi connectivity index (χ0) is 12.7. The van der Waals surface area contributed by atoms with Crippen LogP contribution in [0.4, 0.5) is 11.4 Å². The third kappa shape index (κ3) is 1.49. The molecule has 1 aliphatic rings. The fourth-order valence-corrected chi connectivity index (χ4v) is 2.55. The Morgan fingerprint density at radius 1 is 1.33 bits per heavy atom. The standard InChI is InChI=1S/C14H14N2O2/c1-16-13-10(5-2-6-12(13)15)11(14(16)17)8-9-4-3-7-18-9/h2-7,11H,8,15H2,1H3. The number of anilines is 2. The number of para-hydroxylation sites is 1. The first-order chi connectivity index (χ1) is 8.68. The number of carbonyl (C=O) groups is 1. The monoisotopic (exact) mass is 242 g/mol. The average Bonchev–Trinajstić information content (AvgIpc) is 2.94. The van der Waals surface area contributed by atoms with Crippen molar-refractivity contribution in [2.75, 3.05) is 17.7 Å². The molecule has 1 amide bonds. The summed E-state index contributed by atoms with van der Waals surface area (Å²) >= 11 is 0. The van der Waals surface area contributed by atoms with Gasteiger partial charge in [-0.05, 0) is 23.8 Å². The highest BCUT2D eigenvalue weighted by Gasteiger charge is 2.36. The summed E-state index contributed by atoms with van der Waals surface area (Å²) < 4.78 is 5.32. The zero-order valence-electron chi connectivity index (χ0n) is 10.1. The second-order valence-corrected chi connectivity index (χ2v) is 4.52. The lowest BCUT2D eigenvalue weighted by atomic mass is 9.96. The van der Waals surface area contributed by atoms with Crippen molar-refractivity contribution in [3.8, 4) is 0 Å².